The molecule has 1 aromatic heterocycles. The van der Waals surface area contributed by atoms with Gasteiger partial charge in [-0.25, -0.2) is 4.39 Å². The maximum Gasteiger partial charge on any atom is 0.165 e. The number of nitrogens with zero attached hydrogens (tertiary/aromatic N) is 2. The monoisotopic (exact) mass is 263 g/mol. The van der Waals surface area contributed by atoms with Crippen molar-refractivity contribution in [2.24, 2.45) is 5.73 Å². The van der Waals surface area contributed by atoms with Crippen molar-refractivity contribution in [3.05, 3.63) is 42.0 Å². The third-order valence-electron chi connectivity index (χ3n) is 2.76. The van der Waals surface area contributed by atoms with E-state index in [9.17, 15) is 4.39 Å². The van der Waals surface area contributed by atoms with Gasteiger partial charge in [0.25, 0.3) is 0 Å². The lowest BCUT2D eigenvalue weighted by atomic mass is 10.1. The Balaban J connectivity index is 2.25. The van der Waals surface area contributed by atoms with Crippen molar-refractivity contribution in [1.29, 1.82) is 0 Å². The number of benzene rings is 1. The van der Waals surface area contributed by atoms with Gasteiger partial charge in [-0.15, -0.1) is 0 Å². The largest absolute Gasteiger partial charge is 0.454 e. The fourth-order valence-corrected chi connectivity index (χ4v) is 1.92. The predicted molar refractivity (Wildman–Crippen MR) is 71.6 cm³/mol. The summed E-state index contributed by atoms with van der Waals surface area (Å²) in [5.41, 5.74) is 6.16. The van der Waals surface area contributed by atoms with Crippen LogP contribution in [0.5, 0.6) is 11.5 Å². The van der Waals surface area contributed by atoms with E-state index in [4.69, 9.17) is 10.5 Å². The number of nitrogens with two attached hydrogens (primary N) is 1. The Bertz CT molecular complexity index is 551. The van der Waals surface area contributed by atoms with Crippen LogP contribution in [-0.2, 0) is 6.54 Å². The van der Waals surface area contributed by atoms with E-state index in [-0.39, 0.29) is 5.82 Å². The molecular formula is C14H18FN3O. The van der Waals surface area contributed by atoms with Gasteiger partial charge < -0.3 is 10.5 Å². The molecule has 1 atom stereocenters. The van der Waals surface area contributed by atoms with Gasteiger partial charge in [-0.05, 0) is 25.5 Å². The molecule has 0 aliphatic rings. The van der Waals surface area contributed by atoms with Crippen molar-refractivity contribution in [2.45, 2.75) is 32.9 Å². The molecule has 102 valence electrons. The van der Waals surface area contributed by atoms with Gasteiger partial charge in [-0.1, -0.05) is 13.0 Å². The molecule has 2 aromatic rings. The lowest BCUT2D eigenvalue weighted by molar-refractivity contribution is 0.459. The molecule has 1 heterocycles. The van der Waals surface area contributed by atoms with Crippen molar-refractivity contribution >= 4 is 0 Å². The summed E-state index contributed by atoms with van der Waals surface area (Å²) in [4.78, 5) is 0. The van der Waals surface area contributed by atoms with Crippen LogP contribution >= 0.6 is 0 Å². The molecule has 2 rings (SSSR count). The van der Waals surface area contributed by atoms with Crippen LogP contribution in [0.25, 0.3) is 0 Å². The normalized spacial score (nSPS) is 12.4. The van der Waals surface area contributed by atoms with Crippen LogP contribution < -0.4 is 10.5 Å². The van der Waals surface area contributed by atoms with Gasteiger partial charge in [0.2, 0.25) is 0 Å². The molecule has 2 N–H and O–H groups in total. The summed E-state index contributed by atoms with van der Waals surface area (Å²) in [5.74, 6) is 0.667. The molecule has 0 spiro atoms. The molecule has 0 aliphatic carbocycles. The highest BCUT2D eigenvalue weighted by molar-refractivity contribution is 5.39. The summed E-state index contributed by atoms with van der Waals surface area (Å²) in [5, 5.41) is 4.17. The van der Waals surface area contributed by atoms with Gasteiger partial charge in [0.15, 0.2) is 5.75 Å². The van der Waals surface area contributed by atoms with Gasteiger partial charge in [-0.2, -0.15) is 5.10 Å². The summed E-state index contributed by atoms with van der Waals surface area (Å²) in [6.07, 6.45) is 4.40. The third kappa shape index (κ3) is 3.12. The Morgan fingerprint density at radius 2 is 2.26 bits per heavy atom. The number of ether oxygens (including phenoxy) is 1. The summed E-state index contributed by atoms with van der Waals surface area (Å²) in [6, 6.07) is 4.26. The lowest BCUT2D eigenvalue weighted by Gasteiger charge is -2.13. The Labute approximate surface area is 112 Å². The van der Waals surface area contributed by atoms with Crippen LogP contribution in [0.2, 0.25) is 0 Å². The lowest BCUT2D eigenvalue weighted by Crippen LogP contribution is -2.09. The SMILES string of the molecule is CCCn1cc(Oc2cccc(F)c2[C@@H](C)N)cn1. The number of halogens is 1. The topological polar surface area (TPSA) is 53.1 Å². The zero-order chi connectivity index (χ0) is 13.8. The Hall–Kier alpha value is -1.88. The molecule has 1 aromatic carbocycles. The molecule has 0 amide bonds. The molecule has 0 radical (unpaired) electrons. The average Bonchev–Trinajstić information content (AvgIpc) is 2.76. The molecule has 0 bridgehead atoms. The summed E-state index contributed by atoms with van der Waals surface area (Å²) in [7, 11) is 0. The van der Waals surface area contributed by atoms with E-state index < -0.39 is 6.04 Å². The second-order valence-corrected chi connectivity index (χ2v) is 4.48. The Morgan fingerprint density at radius 3 is 2.95 bits per heavy atom. The number of aromatic nitrogens is 2. The van der Waals surface area contributed by atoms with Crippen LogP contribution in [0, 0.1) is 5.82 Å². The summed E-state index contributed by atoms with van der Waals surface area (Å²) < 4.78 is 21.2. The minimum Gasteiger partial charge on any atom is -0.454 e. The summed E-state index contributed by atoms with van der Waals surface area (Å²) in [6.45, 7) is 4.63. The van der Waals surface area contributed by atoms with Crippen LogP contribution in [0.15, 0.2) is 30.6 Å². The molecule has 0 fully saturated rings. The van der Waals surface area contributed by atoms with E-state index in [0.29, 0.717) is 17.1 Å². The first kappa shape index (κ1) is 13.5. The standard InChI is InChI=1S/C14H18FN3O/c1-3-7-18-9-11(8-17-18)19-13-6-4-5-12(15)14(13)10(2)16/h4-6,8-10H,3,7,16H2,1-2H3/t10-/m1/s1. The van der Waals surface area contributed by atoms with E-state index in [1.165, 1.54) is 6.07 Å². The van der Waals surface area contributed by atoms with Crippen molar-refractivity contribution in [3.63, 3.8) is 0 Å². The van der Waals surface area contributed by atoms with Crippen LogP contribution in [-0.4, -0.2) is 9.78 Å². The van der Waals surface area contributed by atoms with E-state index in [0.717, 1.165) is 13.0 Å². The molecule has 0 saturated carbocycles. The second kappa shape index (κ2) is 5.84. The first-order chi connectivity index (χ1) is 9.11. The Kier molecular flexibility index (Phi) is 4.16. The first-order valence-corrected chi connectivity index (χ1v) is 6.36. The minimum absolute atomic E-state index is 0.353. The van der Waals surface area contributed by atoms with Crippen molar-refractivity contribution in [2.75, 3.05) is 0 Å². The van der Waals surface area contributed by atoms with Crippen molar-refractivity contribution < 1.29 is 9.13 Å². The van der Waals surface area contributed by atoms with Gasteiger partial charge in [0.1, 0.15) is 11.6 Å². The van der Waals surface area contributed by atoms with E-state index in [1.54, 1.807) is 36.1 Å². The molecule has 0 aliphatic heterocycles. The fraction of sp³-hybridized carbons (Fsp3) is 0.357. The second-order valence-electron chi connectivity index (χ2n) is 4.48. The molecule has 4 nitrogen and oxygen atoms in total. The van der Waals surface area contributed by atoms with Gasteiger partial charge >= 0.3 is 0 Å². The highest BCUT2D eigenvalue weighted by atomic mass is 19.1. The zero-order valence-corrected chi connectivity index (χ0v) is 11.1. The molecule has 19 heavy (non-hydrogen) atoms. The number of rotatable bonds is 5. The minimum atomic E-state index is -0.429. The molecule has 5 heteroatoms. The highest BCUT2D eigenvalue weighted by Crippen LogP contribution is 2.30. The molecular weight excluding hydrogens is 245 g/mol. The molecule has 0 saturated heterocycles. The first-order valence-electron chi connectivity index (χ1n) is 6.36. The average molecular weight is 263 g/mol. The zero-order valence-electron chi connectivity index (χ0n) is 11.1. The fourth-order valence-electron chi connectivity index (χ4n) is 1.92. The Morgan fingerprint density at radius 1 is 1.47 bits per heavy atom. The van der Waals surface area contributed by atoms with E-state index >= 15 is 0 Å². The van der Waals surface area contributed by atoms with E-state index in [2.05, 4.69) is 12.0 Å². The van der Waals surface area contributed by atoms with Crippen molar-refractivity contribution in [3.8, 4) is 11.5 Å². The molecule has 0 unspecified atom stereocenters. The number of aryl methyl sites for hydroxylation is 1. The van der Waals surface area contributed by atoms with Crippen LogP contribution in [0.3, 0.4) is 0 Å². The quantitative estimate of drug-likeness (QED) is 0.901. The van der Waals surface area contributed by atoms with E-state index in [1.807, 2.05) is 0 Å². The smallest absolute Gasteiger partial charge is 0.165 e. The van der Waals surface area contributed by atoms with Crippen molar-refractivity contribution in [1.82, 2.24) is 9.78 Å². The van der Waals surface area contributed by atoms with Gasteiger partial charge in [-0.3, -0.25) is 4.68 Å². The van der Waals surface area contributed by atoms with Crippen LogP contribution in [0.1, 0.15) is 31.9 Å². The third-order valence-corrected chi connectivity index (χ3v) is 2.76. The number of hydrogen-bond donors (Lipinski definition) is 1. The van der Waals surface area contributed by atoms with Gasteiger partial charge in [0, 0.05) is 18.2 Å². The van der Waals surface area contributed by atoms with Crippen LogP contribution in [0.4, 0.5) is 4.39 Å². The van der Waals surface area contributed by atoms with Gasteiger partial charge in [0.05, 0.1) is 12.4 Å². The maximum atomic E-state index is 13.7. The summed E-state index contributed by atoms with van der Waals surface area (Å²) >= 11 is 0. The number of hydrogen-bond acceptors (Lipinski definition) is 3. The highest BCUT2D eigenvalue weighted by Gasteiger charge is 2.14. The predicted octanol–water partition coefficient (Wildman–Crippen LogP) is 3.24. The maximum absolute atomic E-state index is 13.7.